The average Bonchev–Trinajstić information content (AvgIpc) is 3.08. The van der Waals surface area contributed by atoms with Gasteiger partial charge >= 0.3 is 5.82 Å². The van der Waals surface area contributed by atoms with Crippen LogP contribution in [0.5, 0.6) is 0 Å². The molecule has 1 aromatic heterocycles. The van der Waals surface area contributed by atoms with Crippen LogP contribution in [-0.4, -0.2) is 21.0 Å². The lowest BCUT2D eigenvalue weighted by molar-refractivity contribution is -0.389. The summed E-state index contributed by atoms with van der Waals surface area (Å²) in [5, 5.41) is 19.3. The van der Waals surface area contributed by atoms with Gasteiger partial charge in [-0.1, -0.05) is 53.6 Å². The fourth-order valence-corrected chi connectivity index (χ4v) is 2.32. The molecule has 0 aliphatic heterocycles. The van der Waals surface area contributed by atoms with Gasteiger partial charge in [0, 0.05) is 5.69 Å². The molecule has 0 saturated carbocycles. The molecule has 24 heavy (non-hydrogen) atoms. The highest BCUT2D eigenvalue weighted by Gasteiger charge is 2.17. The Hall–Kier alpha value is -3.48. The Morgan fingerprint density at radius 1 is 1.12 bits per heavy atom. The van der Waals surface area contributed by atoms with Crippen molar-refractivity contribution in [1.82, 2.24) is 10.2 Å². The lowest BCUT2D eigenvalue weighted by Gasteiger charge is -2.10. The maximum absolute atomic E-state index is 12.2. The normalized spacial score (nSPS) is 10.3. The summed E-state index contributed by atoms with van der Waals surface area (Å²) in [5.74, 6) is -0.822. The number of amides is 1. The van der Waals surface area contributed by atoms with Crippen LogP contribution in [0.4, 0.5) is 11.5 Å². The van der Waals surface area contributed by atoms with E-state index >= 15 is 0 Å². The molecular weight excluding hydrogens is 308 g/mol. The largest absolute Gasteiger partial charge is 0.358 e. The van der Waals surface area contributed by atoms with Crippen LogP contribution >= 0.6 is 0 Å². The highest BCUT2D eigenvalue weighted by Crippen LogP contribution is 2.20. The smallest absolute Gasteiger partial charge is 0.343 e. The van der Waals surface area contributed by atoms with Crippen molar-refractivity contribution in [3.63, 3.8) is 0 Å². The number of aromatic nitrogens is 2. The molecule has 1 heterocycles. The van der Waals surface area contributed by atoms with Gasteiger partial charge in [0.2, 0.25) is 0 Å². The number of anilines is 1. The summed E-state index contributed by atoms with van der Waals surface area (Å²) in [4.78, 5) is 22.3. The molecule has 3 aromatic rings. The first-order chi connectivity index (χ1) is 11.6. The molecule has 0 fully saturated rings. The number of hydrogen-bond acceptors (Lipinski definition) is 4. The molecule has 0 bridgehead atoms. The van der Waals surface area contributed by atoms with Crippen molar-refractivity contribution >= 4 is 17.4 Å². The molecule has 0 radical (unpaired) electrons. The number of nitro groups is 1. The van der Waals surface area contributed by atoms with E-state index in [1.807, 2.05) is 48.5 Å². The predicted molar refractivity (Wildman–Crippen MR) is 88.9 cm³/mol. The van der Waals surface area contributed by atoms with E-state index in [1.54, 1.807) is 6.07 Å². The Morgan fingerprint density at radius 3 is 2.54 bits per heavy atom. The highest BCUT2D eigenvalue weighted by molar-refractivity contribution is 6.03. The third-order valence-electron chi connectivity index (χ3n) is 3.50. The van der Waals surface area contributed by atoms with Crippen molar-refractivity contribution in [3.05, 3.63) is 87.6 Å². The molecule has 1 amide bonds. The summed E-state index contributed by atoms with van der Waals surface area (Å²) in [6.45, 7) is 0. The van der Waals surface area contributed by atoms with E-state index in [2.05, 4.69) is 15.5 Å². The molecule has 0 aliphatic rings. The second kappa shape index (κ2) is 6.74. The first kappa shape index (κ1) is 15.4. The molecule has 120 valence electrons. The SMILES string of the molecule is O=C(Nc1ccccc1Cc1ccccc1)c1cc([N+](=O)[O-])[nH]n1. The van der Waals surface area contributed by atoms with Crippen LogP contribution in [0.15, 0.2) is 60.7 Å². The highest BCUT2D eigenvalue weighted by atomic mass is 16.6. The van der Waals surface area contributed by atoms with Crippen LogP contribution in [0.3, 0.4) is 0 Å². The van der Waals surface area contributed by atoms with Crippen LogP contribution in [0.25, 0.3) is 0 Å². The van der Waals surface area contributed by atoms with Gasteiger partial charge in [0.05, 0.1) is 6.07 Å². The number of nitrogens with zero attached hydrogens (tertiary/aromatic N) is 2. The van der Waals surface area contributed by atoms with E-state index in [1.165, 1.54) is 0 Å². The number of carbonyl (C=O) groups excluding carboxylic acids is 1. The number of carbonyl (C=O) groups is 1. The fraction of sp³-hybridized carbons (Fsp3) is 0.0588. The zero-order chi connectivity index (χ0) is 16.9. The van der Waals surface area contributed by atoms with Crippen molar-refractivity contribution in [2.24, 2.45) is 0 Å². The first-order valence-electron chi connectivity index (χ1n) is 7.26. The Morgan fingerprint density at radius 2 is 1.83 bits per heavy atom. The number of H-pyrrole nitrogens is 1. The van der Waals surface area contributed by atoms with Gasteiger partial charge in [-0.05, 0) is 28.5 Å². The Bertz CT molecular complexity index is 874. The number of aromatic amines is 1. The van der Waals surface area contributed by atoms with Gasteiger partial charge < -0.3 is 15.4 Å². The second-order valence-corrected chi connectivity index (χ2v) is 5.17. The molecule has 0 spiro atoms. The number of nitrogens with one attached hydrogen (secondary N) is 2. The van der Waals surface area contributed by atoms with Gasteiger partial charge in [-0.15, -0.1) is 5.10 Å². The molecule has 0 aliphatic carbocycles. The lowest BCUT2D eigenvalue weighted by Crippen LogP contribution is -2.13. The van der Waals surface area contributed by atoms with E-state index in [9.17, 15) is 14.9 Å². The molecule has 2 aromatic carbocycles. The van der Waals surface area contributed by atoms with E-state index < -0.39 is 10.8 Å². The number of rotatable bonds is 5. The maximum Gasteiger partial charge on any atom is 0.343 e. The van der Waals surface area contributed by atoms with Gasteiger partial charge in [-0.25, -0.2) is 0 Å². The number of benzene rings is 2. The molecule has 0 unspecified atom stereocenters. The van der Waals surface area contributed by atoms with Crippen LogP contribution < -0.4 is 5.32 Å². The molecule has 0 atom stereocenters. The van der Waals surface area contributed by atoms with Crippen molar-refractivity contribution in [2.75, 3.05) is 5.32 Å². The molecule has 7 nitrogen and oxygen atoms in total. The zero-order valence-electron chi connectivity index (χ0n) is 12.6. The van der Waals surface area contributed by atoms with Crippen molar-refractivity contribution < 1.29 is 9.72 Å². The Labute approximate surface area is 137 Å². The topological polar surface area (TPSA) is 101 Å². The van der Waals surface area contributed by atoms with Gasteiger partial charge in [0.25, 0.3) is 5.91 Å². The van der Waals surface area contributed by atoms with Crippen LogP contribution in [0.2, 0.25) is 0 Å². The van der Waals surface area contributed by atoms with Crippen LogP contribution in [0, 0.1) is 10.1 Å². The minimum atomic E-state index is -0.632. The Kier molecular flexibility index (Phi) is 4.33. The van der Waals surface area contributed by atoms with Crippen LogP contribution in [-0.2, 0) is 6.42 Å². The minimum Gasteiger partial charge on any atom is -0.358 e. The monoisotopic (exact) mass is 322 g/mol. The van der Waals surface area contributed by atoms with Gasteiger partial charge in [-0.3, -0.25) is 4.79 Å². The fourth-order valence-electron chi connectivity index (χ4n) is 2.32. The van der Waals surface area contributed by atoms with E-state index in [0.717, 1.165) is 17.2 Å². The minimum absolute atomic E-state index is 0.0313. The van der Waals surface area contributed by atoms with E-state index in [-0.39, 0.29) is 11.5 Å². The zero-order valence-corrected chi connectivity index (χ0v) is 12.6. The van der Waals surface area contributed by atoms with Gasteiger partial charge in [0.15, 0.2) is 5.69 Å². The lowest BCUT2D eigenvalue weighted by atomic mass is 10.0. The summed E-state index contributed by atoms with van der Waals surface area (Å²) >= 11 is 0. The summed E-state index contributed by atoms with van der Waals surface area (Å²) in [6, 6.07) is 18.4. The molecule has 0 saturated heterocycles. The molecule has 2 N–H and O–H groups in total. The third kappa shape index (κ3) is 3.46. The quantitative estimate of drug-likeness (QED) is 0.556. The predicted octanol–water partition coefficient (Wildman–Crippen LogP) is 3.16. The summed E-state index contributed by atoms with van der Waals surface area (Å²) in [5.41, 5.74) is 2.69. The Balaban J connectivity index is 1.79. The standard InChI is InChI=1S/C17H14N4O3/c22-17(15-11-16(20-19-15)21(23)24)18-14-9-5-4-8-13(14)10-12-6-2-1-3-7-12/h1-9,11H,10H2,(H,18,22)(H,19,20). The van der Waals surface area contributed by atoms with Crippen LogP contribution in [0.1, 0.15) is 21.6 Å². The first-order valence-corrected chi connectivity index (χ1v) is 7.26. The summed E-state index contributed by atoms with van der Waals surface area (Å²) in [7, 11) is 0. The van der Waals surface area contributed by atoms with E-state index in [4.69, 9.17) is 0 Å². The van der Waals surface area contributed by atoms with Crippen molar-refractivity contribution in [2.45, 2.75) is 6.42 Å². The molecule has 3 rings (SSSR count). The number of para-hydroxylation sites is 1. The average molecular weight is 322 g/mol. The van der Waals surface area contributed by atoms with Crippen molar-refractivity contribution in [1.29, 1.82) is 0 Å². The second-order valence-electron chi connectivity index (χ2n) is 5.17. The van der Waals surface area contributed by atoms with Gasteiger partial charge in [-0.2, -0.15) is 0 Å². The molecular formula is C17H14N4O3. The number of hydrogen-bond donors (Lipinski definition) is 2. The maximum atomic E-state index is 12.2. The summed E-state index contributed by atoms with van der Waals surface area (Å²) < 4.78 is 0. The van der Waals surface area contributed by atoms with Gasteiger partial charge in [0.1, 0.15) is 0 Å². The van der Waals surface area contributed by atoms with Crippen molar-refractivity contribution in [3.8, 4) is 0 Å². The van der Waals surface area contributed by atoms with E-state index in [0.29, 0.717) is 12.1 Å². The third-order valence-corrected chi connectivity index (χ3v) is 3.50. The molecule has 7 heteroatoms. The summed E-state index contributed by atoms with van der Waals surface area (Å²) in [6.07, 6.45) is 0.665.